The first-order chi connectivity index (χ1) is 8.41. The third-order valence-electron chi connectivity index (χ3n) is 2.36. The number of benzene rings is 1. The number of hydrogen-bond acceptors (Lipinski definition) is 2. The second kappa shape index (κ2) is 6.49. The SMILES string of the molecule is CC(CCC(=O)O)NC(=O)c1c(F)cccc1Br. The molecule has 98 valence electrons. The van der Waals surface area contributed by atoms with Gasteiger partial charge in [0.05, 0.1) is 5.56 Å². The van der Waals surface area contributed by atoms with Crippen molar-refractivity contribution in [3.63, 3.8) is 0 Å². The molecule has 0 bridgehead atoms. The topological polar surface area (TPSA) is 66.4 Å². The minimum absolute atomic E-state index is 0.0418. The van der Waals surface area contributed by atoms with E-state index in [4.69, 9.17) is 5.11 Å². The number of halogens is 2. The number of carbonyl (C=O) groups is 2. The van der Waals surface area contributed by atoms with Gasteiger partial charge in [0, 0.05) is 16.9 Å². The number of hydrogen-bond donors (Lipinski definition) is 2. The monoisotopic (exact) mass is 317 g/mol. The minimum atomic E-state index is -0.928. The van der Waals surface area contributed by atoms with E-state index in [0.29, 0.717) is 10.9 Å². The average Bonchev–Trinajstić information content (AvgIpc) is 2.26. The Bertz CT molecular complexity index is 444. The lowest BCUT2D eigenvalue weighted by atomic mass is 10.1. The summed E-state index contributed by atoms with van der Waals surface area (Å²) in [4.78, 5) is 22.2. The number of nitrogens with one attached hydrogen (secondary N) is 1. The summed E-state index contributed by atoms with van der Waals surface area (Å²) >= 11 is 3.10. The Hall–Kier alpha value is -1.43. The Morgan fingerprint density at radius 3 is 2.72 bits per heavy atom. The highest BCUT2D eigenvalue weighted by atomic mass is 79.9. The molecule has 18 heavy (non-hydrogen) atoms. The fourth-order valence-corrected chi connectivity index (χ4v) is 1.94. The lowest BCUT2D eigenvalue weighted by Gasteiger charge is -2.13. The van der Waals surface area contributed by atoms with Crippen molar-refractivity contribution in [2.24, 2.45) is 0 Å². The van der Waals surface area contributed by atoms with Crippen LogP contribution in [0.3, 0.4) is 0 Å². The van der Waals surface area contributed by atoms with Gasteiger partial charge in [0.25, 0.3) is 5.91 Å². The Balaban J connectivity index is 2.68. The molecule has 0 aliphatic carbocycles. The highest BCUT2D eigenvalue weighted by molar-refractivity contribution is 9.10. The Morgan fingerprint density at radius 1 is 1.50 bits per heavy atom. The molecule has 0 aliphatic rings. The molecule has 1 aromatic carbocycles. The molecule has 2 N–H and O–H groups in total. The molecule has 1 rings (SSSR count). The molecule has 0 heterocycles. The smallest absolute Gasteiger partial charge is 0.303 e. The molecule has 0 spiro atoms. The fourth-order valence-electron chi connectivity index (χ4n) is 1.42. The molecule has 0 aliphatic heterocycles. The standard InChI is InChI=1S/C12H13BrFNO3/c1-7(5-6-10(16)17)15-12(18)11-8(13)3-2-4-9(11)14/h2-4,7H,5-6H2,1H3,(H,15,18)(H,16,17). The van der Waals surface area contributed by atoms with E-state index in [9.17, 15) is 14.0 Å². The summed E-state index contributed by atoms with van der Waals surface area (Å²) in [6, 6.07) is 3.92. The van der Waals surface area contributed by atoms with Crippen LogP contribution >= 0.6 is 15.9 Å². The van der Waals surface area contributed by atoms with Gasteiger partial charge in [-0.25, -0.2) is 4.39 Å². The summed E-state index contributed by atoms with van der Waals surface area (Å²) in [5, 5.41) is 11.1. The Morgan fingerprint density at radius 2 is 2.17 bits per heavy atom. The third kappa shape index (κ3) is 4.10. The van der Waals surface area contributed by atoms with Gasteiger partial charge in [-0.2, -0.15) is 0 Å². The molecule has 1 unspecified atom stereocenters. The van der Waals surface area contributed by atoms with E-state index in [-0.39, 0.29) is 18.0 Å². The average molecular weight is 318 g/mol. The van der Waals surface area contributed by atoms with Crippen molar-refractivity contribution in [1.82, 2.24) is 5.32 Å². The van der Waals surface area contributed by atoms with Gasteiger partial charge in [0.2, 0.25) is 0 Å². The van der Waals surface area contributed by atoms with Gasteiger partial charge >= 0.3 is 5.97 Å². The predicted molar refractivity (Wildman–Crippen MR) is 67.9 cm³/mol. The summed E-state index contributed by atoms with van der Waals surface area (Å²) in [5.74, 6) is -2.10. The number of aliphatic carboxylic acids is 1. The lowest BCUT2D eigenvalue weighted by Crippen LogP contribution is -2.33. The number of rotatable bonds is 5. The molecule has 0 saturated carbocycles. The molecule has 0 radical (unpaired) electrons. The lowest BCUT2D eigenvalue weighted by molar-refractivity contribution is -0.137. The Kier molecular flexibility index (Phi) is 5.27. The van der Waals surface area contributed by atoms with E-state index in [1.165, 1.54) is 12.1 Å². The summed E-state index contributed by atoms with van der Waals surface area (Å²) in [6.07, 6.45) is 0.257. The predicted octanol–water partition coefficient (Wildman–Crippen LogP) is 2.57. The van der Waals surface area contributed by atoms with Crippen LogP contribution in [0.2, 0.25) is 0 Å². The third-order valence-corrected chi connectivity index (χ3v) is 3.02. The summed E-state index contributed by atoms with van der Waals surface area (Å²) in [6.45, 7) is 1.68. The first-order valence-corrected chi connectivity index (χ1v) is 6.17. The molecular formula is C12H13BrFNO3. The number of amides is 1. The number of carboxylic acid groups (broad SMARTS) is 1. The van der Waals surface area contributed by atoms with E-state index in [0.717, 1.165) is 0 Å². The summed E-state index contributed by atoms with van der Waals surface area (Å²) in [5.41, 5.74) is -0.0697. The number of carbonyl (C=O) groups excluding carboxylic acids is 1. The Labute approximate surface area is 112 Å². The maximum absolute atomic E-state index is 13.5. The second-order valence-electron chi connectivity index (χ2n) is 3.90. The minimum Gasteiger partial charge on any atom is -0.481 e. The van der Waals surface area contributed by atoms with Gasteiger partial charge in [-0.1, -0.05) is 6.07 Å². The zero-order valence-corrected chi connectivity index (χ0v) is 11.3. The summed E-state index contributed by atoms with van der Waals surface area (Å²) in [7, 11) is 0. The van der Waals surface area contributed by atoms with Crippen molar-refractivity contribution in [2.45, 2.75) is 25.8 Å². The van der Waals surface area contributed by atoms with Crippen LogP contribution in [0.25, 0.3) is 0 Å². The van der Waals surface area contributed by atoms with E-state index < -0.39 is 17.7 Å². The highest BCUT2D eigenvalue weighted by Gasteiger charge is 2.17. The first-order valence-electron chi connectivity index (χ1n) is 5.38. The van der Waals surface area contributed by atoms with Gasteiger partial charge in [0.15, 0.2) is 0 Å². The van der Waals surface area contributed by atoms with Crippen LogP contribution in [0, 0.1) is 5.82 Å². The van der Waals surface area contributed by atoms with Crippen LogP contribution in [-0.2, 0) is 4.79 Å². The van der Waals surface area contributed by atoms with Gasteiger partial charge in [-0.05, 0) is 41.4 Å². The zero-order valence-electron chi connectivity index (χ0n) is 9.74. The van der Waals surface area contributed by atoms with Crippen molar-refractivity contribution in [2.75, 3.05) is 0 Å². The molecule has 1 atom stereocenters. The molecule has 1 amide bonds. The van der Waals surface area contributed by atoms with Crippen LogP contribution < -0.4 is 5.32 Å². The molecule has 0 saturated heterocycles. The van der Waals surface area contributed by atoms with Crippen LogP contribution in [0.15, 0.2) is 22.7 Å². The van der Waals surface area contributed by atoms with Crippen molar-refractivity contribution in [3.8, 4) is 0 Å². The normalized spacial score (nSPS) is 11.9. The van der Waals surface area contributed by atoms with Crippen LogP contribution in [0.1, 0.15) is 30.1 Å². The molecule has 1 aromatic rings. The zero-order chi connectivity index (χ0) is 13.7. The molecular weight excluding hydrogens is 305 g/mol. The van der Waals surface area contributed by atoms with Crippen molar-refractivity contribution in [1.29, 1.82) is 0 Å². The first kappa shape index (κ1) is 14.6. The van der Waals surface area contributed by atoms with Crippen LogP contribution in [-0.4, -0.2) is 23.0 Å². The number of carboxylic acids is 1. The largest absolute Gasteiger partial charge is 0.481 e. The maximum Gasteiger partial charge on any atom is 0.303 e. The molecule has 0 aromatic heterocycles. The summed E-state index contributed by atoms with van der Waals surface area (Å²) < 4.78 is 13.8. The second-order valence-corrected chi connectivity index (χ2v) is 4.76. The van der Waals surface area contributed by atoms with Crippen molar-refractivity contribution < 1.29 is 19.1 Å². The van der Waals surface area contributed by atoms with Crippen molar-refractivity contribution in [3.05, 3.63) is 34.1 Å². The fraction of sp³-hybridized carbons (Fsp3) is 0.333. The van der Waals surface area contributed by atoms with E-state index in [2.05, 4.69) is 21.2 Å². The van der Waals surface area contributed by atoms with Crippen LogP contribution in [0.5, 0.6) is 0 Å². The molecule has 0 fully saturated rings. The molecule has 4 nitrogen and oxygen atoms in total. The van der Waals surface area contributed by atoms with Gasteiger partial charge < -0.3 is 10.4 Å². The molecule has 6 heteroatoms. The van der Waals surface area contributed by atoms with Gasteiger partial charge in [0.1, 0.15) is 5.82 Å². The van der Waals surface area contributed by atoms with Crippen LogP contribution in [0.4, 0.5) is 4.39 Å². The van der Waals surface area contributed by atoms with Gasteiger partial charge in [-0.3, -0.25) is 9.59 Å². The highest BCUT2D eigenvalue weighted by Crippen LogP contribution is 2.19. The van der Waals surface area contributed by atoms with E-state index in [1.54, 1.807) is 13.0 Å². The van der Waals surface area contributed by atoms with Gasteiger partial charge in [-0.15, -0.1) is 0 Å². The quantitative estimate of drug-likeness (QED) is 0.877. The maximum atomic E-state index is 13.5. The van der Waals surface area contributed by atoms with E-state index in [1.807, 2.05) is 0 Å². The van der Waals surface area contributed by atoms with Crippen molar-refractivity contribution >= 4 is 27.8 Å². The van der Waals surface area contributed by atoms with E-state index >= 15 is 0 Å².